The van der Waals surface area contributed by atoms with Gasteiger partial charge in [0.1, 0.15) is 0 Å². The van der Waals surface area contributed by atoms with Crippen LogP contribution >= 0.6 is 8.25 Å². The van der Waals surface area contributed by atoms with E-state index in [2.05, 4.69) is 6.92 Å². The average molecular weight is 407 g/mol. The summed E-state index contributed by atoms with van der Waals surface area (Å²) in [5.41, 5.74) is 0. The number of halogens is 1. The second-order valence-corrected chi connectivity index (χ2v) is 10.9. The average Bonchev–Trinajstić information content (AvgIpc) is 2.21. The van der Waals surface area contributed by atoms with Crippen LogP contribution in [-0.4, -0.2) is 13.2 Å². The van der Waals surface area contributed by atoms with E-state index in [1.807, 2.05) is 7.11 Å². The SMILES string of the molecule is CCCCCCCCC([CH2][Hg][Cl])OC. The molecule has 0 aromatic rings. The number of methoxy groups -OCH3 is 1. The zero-order valence-corrected chi connectivity index (χ0v) is 16.0. The van der Waals surface area contributed by atoms with Crippen LogP contribution in [0.1, 0.15) is 51.9 Å². The van der Waals surface area contributed by atoms with Gasteiger partial charge in [0.2, 0.25) is 0 Å². The molecule has 82 valence electrons. The third kappa shape index (κ3) is 9.73. The van der Waals surface area contributed by atoms with Crippen molar-refractivity contribution >= 4 is 8.25 Å². The predicted octanol–water partition coefficient (Wildman–Crippen LogP) is 4.41. The Morgan fingerprint density at radius 1 is 1.14 bits per heavy atom. The third-order valence-corrected chi connectivity index (χ3v) is 7.91. The van der Waals surface area contributed by atoms with Gasteiger partial charge < -0.3 is 0 Å². The Kier molecular flexibility index (Phi) is 13.3. The van der Waals surface area contributed by atoms with Gasteiger partial charge in [0.05, 0.1) is 0 Å². The summed E-state index contributed by atoms with van der Waals surface area (Å²) >= 11 is -0.982. The van der Waals surface area contributed by atoms with E-state index in [-0.39, 0.29) is 0 Å². The molecule has 3 heteroatoms. The molecule has 1 nitrogen and oxygen atoms in total. The normalized spacial score (nSPS) is 12.5. The first-order chi connectivity index (χ1) is 6.85. The number of unbranched alkanes of at least 4 members (excludes halogenated alkanes) is 5. The van der Waals surface area contributed by atoms with Crippen LogP contribution in [-0.2, 0) is 28.1 Å². The standard InChI is InChI=1S/C11H23O.ClH.Hg/c1-4-5-6-7-8-9-10-11(2)12-3;;/h11H,2,4-10H2,1,3H3;1H;/q;;+1/p-1. The molecule has 0 amide bonds. The van der Waals surface area contributed by atoms with Gasteiger partial charge in [-0.15, -0.1) is 0 Å². The predicted molar refractivity (Wildman–Crippen MR) is 59.5 cm³/mol. The summed E-state index contributed by atoms with van der Waals surface area (Å²) in [6.45, 7) is 2.26. The molecular weight excluding hydrogens is 384 g/mol. The van der Waals surface area contributed by atoms with Crippen molar-refractivity contribution in [1.82, 2.24) is 0 Å². The summed E-state index contributed by atoms with van der Waals surface area (Å²) in [5, 5.41) is 0. The molecule has 1 atom stereocenters. The first-order valence-electron chi connectivity index (χ1n) is 5.93. The van der Waals surface area contributed by atoms with E-state index in [0.29, 0.717) is 6.10 Å². The maximum absolute atomic E-state index is 5.90. The van der Waals surface area contributed by atoms with E-state index in [4.69, 9.17) is 13.0 Å². The molecule has 0 fully saturated rings. The zero-order valence-electron chi connectivity index (χ0n) is 9.73. The Labute approximate surface area is 105 Å². The molecule has 0 saturated heterocycles. The van der Waals surface area contributed by atoms with Crippen molar-refractivity contribution in [2.24, 2.45) is 0 Å². The Bertz CT molecular complexity index is 111. The molecule has 0 spiro atoms. The summed E-state index contributed by atoms with van der Waals surface area (Å²) in [4.78, 5) is 0. The Morgan fingerprint density at radius 3 is 2.36 bits per heavy atom. The summed E-state index contributed by atoms with van der Waals surface area (Å²) in [7, 11) is 7.72. The molecule has 0 aromatic carbocycles. The molecule has 0 heterocycles. The van der Waals surface area contributed by atoms with Crippen LogP contribution in [0.15, 0.2) is 0 Å². The van der Waals surface area contributed by atoms with Crippen LogP contribution in [0.4, 0.5) is 0 Å². The molecule has 0 aliphatic carbocycles. The van der Waals surface area contributed by atoms with Crippen molar-refractivity contribution in [2.45, 2.75) is 61.9 Å². The van der Waals surface area contributed by atoms with E-state index >= 15 is 0 Å². The van der Waals surface area contributed by atoms with Gasteiger partial charge in [0.15, 0.2) is 0 Å². The molecule has 0 aliphatic rings. The molecule has 14 heavy (non-hydrogen) atoms. The number of ether oxygens (including phenoxy) is 1. The maximum atomic E-state index is 5.90. The van der Waals surface area contributed by atoms with E-state index in [0.717, 1.165) is 0 Å². The molecule has 0 bridgehead atoms. The fourth-order valence-corrected chi connectivity index (χ4v) is 6.77. The minimum absolute atomic E-state index is 0.486. The van der Waals surface area contributed by atoms with Crippen LogP contribution in [0.25, 0.3) is 0 Å². The van der Waals surface area contributed by atoms with Crippen molar-refractivity contribution in [2.75, 3.05) is 7.11 Å². The number of rotatable bonds is 10. The van der Waals surface area contributed by atoms with Gasteiger partial charge in [-0.05, 0) is 0 Å². The van der Waals surface area contributed by atoms with Crippen LogP contribution in [0, 0.1) is 0 Å². The summed E-state index contributed by atoms with van der Waals surface area (Å²) < 4.78 is 6.60. The molecular formula is C11H23ClHgO. The van der Waals surface area contributed by atoms with Crippen LogP contribution in [0.5, 0.6) is 0 Å². The molecule has 0 rings (SSSR count). The van der Waals surface area contributed by atoms with Crippen molar-refractivity contribution in [3.8, 4) is 0 Å². The van der Waals surface area contributed by atoms with Crippen LogP contribution < -0.4 is 0 Å². The van der Waals surface area contributed by atoms with Gasteiger partial charge in [-0.3, -0.25) is 0 Å². The van der Waals surface area contributed by atoms with E-state index in [9.17, 15) is 0 Å². The van der Waals surface area contributed by atoms with Crippen molar-refractivity contribution in [1.29, 1.82) is 0 Å². The minimum atomic E-state index is -0.982. The first kappa shape index (κ1) is 15.2. The van der Waals surface area contributed by atoms with Gasteiger partial charge in [-0.2, -0.15) is 0 Å². The van der Waals surface area contributed by atoms with Crippen molar-refractivity contribution in [3.63, 3.8) is 0 Å². The topological polar surface area (TPSA) is 9.23 Å². The number of hydrogen-bond acceptors (Lipinski definition) is 1. The quantitative estimate of drug-likeness (QED) is 0.385. The van der Waals surface area contributed by atoms with Crippen LogP contribution in [0.3, 0.4) is 0 Å². The first-order valence-corrected chi connectivity index (χ1v) is 16.6. The molecule has 0 saturated carbocycles. The summed E-state index contributed by atoms with van der Waals surface area (Å²) in [6.07, 6.45) is 9.95. The van der Waals surface area contributed by atoms with Gasteiger partial charge in [-0.1, -0.05) is 0 Å². The summed E-state index contributed by atoms with van der Waals surface area (Å²) in [6, 6.07) is 0. The summed E-state index contributed by atoms with van der Waals surface area (Å²) in [5.74, 6) is 0. The fourth-order valence-electron chi connectivity index (χ4n) is 1.65. The van der Waals surface area contributed by atoms with E-state index in [1.54, 1.807) is 0 Å². The zero-order chi connectivity index (χ0) is 10.6. The molecule has 1 unspecified atom stereocenters. The molecule has 0 radical (unpaired) electrons. The van der Waals surface area contributed by atoms with Crippen molar-refractivity contribution < 1.29 is 28.1 Å². The van der Waals surface area contributed by atoms with Gasteiger partial charge in [0, 0.05) is 0 Å². The van der Waals surface area contributed by atoms with E-state index in [1.165, 1.54) is 48.9 Å². The Morgan fingerprint density at radius 2 is 1.79 bits per heavy atom. The van der Waals surface area contributed by atoms with Crippen LogP contribution in [0.2, 0.25) is 3.93 Å². The van der Waals surface area contributed by atoms with E-state index < -0.39 is 23.3 Å². The Hall–Kier alpha value is 1.19. The molecule has 0 aliphatic heterocycles. The number of hydrogen-bond donors (Lipinski definition) is 0. The molecule has 0 aromatic heterocycles. The fraction of sp³-hybridized carbons (Fsp3) is 1.00. The Balaban J connectivity index is 3.15. The third-order valence-electron chi connectivity index (χ3n) is 2.64. The second kappa shape index (κ2) is 12.3. The van der Waals surface area contributed by atoms with Gasteiger partial charge in [0.25, 0.3) is 0 Å². The monoisotopic (exact) mass is 408 g/mol. The van der Waals surface area contributed by atoms with Gasteiger partial charge in [-0.25, -0.2) is 0 Å². The molecule has 0 N–H and O–H groups in total. The van der Waals surface area contributed by atoms with Crippen molar-refractivity contribution in [3.05, 3.63) is 0 Å². The van der Waals surface area contributed by atoms with Gasteiger partial charge >= 0.3 is 105 Å². The second-order valence-electron chi connectivity index (χ2n) is 3.89.